The number of hydrogen-bond donors (Lipinski definition) is 3. The van der Waals surface area contributed by atoms with Gasteiger partial charge in [-0.15, -0.1) is 0 Å². The Hall–Kier alpha value is -1.94. The lowest BCUT2D eigenvalue weighted by molar-refractivity contribution is -0.161. The fourth-order valence-electron chi connectivity index (χ4n) is 9.80. The number of ether oxygens (including phenoxy) is 4. The number of carbonyl (C=O) groups is 4. The Kier molecular flexibility index (Phi) is 55.9. The Bertz CT molecular complexity index is 1680. The molecule has 0 aromatic heterocycles. The lowest BCUT2D eigenvalue weighted by Gasteiger charge is -2.21. The number of phosphoric ester groups is 2. The first-order valence-corrected chi connectivity index (χ1v) is 37.4. The third-order valence-electron chi connectivity index (χ3n) is 15.5. The van der Waals surface area contributed by atoms with E-state index in [4.69, 9.17) is 37.0 Å². The highest BCUT2D eigenvalue weighted by Crippen LogP contribution is 2.45. The van der Waals surface area contributed by atoms with Crippen LogP contribution in [0.4, 0.5) is 0 Å². The molecular weight excluding hydrogens is 1130 g/mol. The van der Waals surface area contributed by atoms with E-state index in [1.165, 1.54) is 128 Å². The Morgan fingerprint density at radius 1 is 0.341 bits per heavy atom. The Morgan fingerprint density at radius 3 is 0.894 bits per heavy atom. The van der Waals surface area contributed by atoms with Crippen LogP contribution in [0.25, 0.3) is 0 Å². The fraction of sp³-hybridized carbons (Fsp3) is 0.939. The van der Waals surface area contributed by atoms with Crippen molar-refractivity contribution in [2.24, 2.45) is 17.8 Å². The molecule has 0 aromatic carbocycles. The number of unbranched alkanes of at least 4 members (excludes halogenated alkanes) is 31. The molecule has 0 saturated carbocycles. The maximum atomic E-state index is 13.0. The lowest BCUT2D eigenvalue weighted by atomic mass is 9.99. The van der Waals surface area contributed by atoms with Crippen LogP contribution in [0.1, 0.15) is 325 Å². The highest BCUT2D eigenvalue weighted by Gasteiger charge is 2.30. The molecule has 17 nitrogen and oxygen atoms in total. The van der Waals surface area contributed by atoms with Crippen LogP contribution in [-0.4, -0.2) is 96.7 Å². The van der Waals surface area contributed by atoms with E-state index in [9.17, 15) is 43.2 Å². The molecule has 0 heterocycles. The third kappa shape index (κ3) is 59.5. The monoisotopic (exact) mass is 1250 g/mol. The summed E-state index contributed by atoms with van der Waals surface area (Å²) in [4.78, 5) is 72.3. The van der Waals surface area contributed by atoms with E-state index in [2.05, 4.69) is 48.5 Å². The summed E-state index contributed by atoms with van der Waals surface area (Å²) in [6.45, 7) is 11.8. The number of rotatable bonds is 64. The van der Waals surface area contributed by atoms with Gasteiger partial charge in [-0.1, -0.05) is 273 Å². The minimum atomic E-state index is -4.95. The second-order valence-corrected chi connectivity index (χ2v) is 28.0. The van der Waals surface area contributed by atoms with Gasteiger partial charge in [0.2, 0.25) is 0 Å². The normalized spacial score (nSPS) is 14.6. The quantitative estimate of drug-likeness (QED) is 0.0222. The highest BCUT2D eigenvalue weighted by molar-refractivity contribution is 7.47. The second kappa shape index (κ2) is 57.2. The van der Waals surface area contributed by atoms with Crippen LogP contribution < -0.4 is 0 Å². The molecule has 19 heteroatoms. The summed E-state index contributed by atoms with van der Waals surface area (Å²) in [5, 5.41) is 10.5. The average molecular weight is 1260 g/mol. The van der Waals surface area contributed by atoms with Crippen LogP contribution >= 0.6 is 15.6 Å². The summed E-state index contributed by atoms with van der Waals surface area (Å²) in [7, 11) is -9.89. The van der Waals surface area contributed by atoms with Crippen molar-refractivity contribution in [1.82, 2.24) is 0 Å². The molecular formula is C66H128O17P2. The summed E-state index contributed by atoms with van der Waals surface area (Å²) < 4.78 is 68.1. The summed E-state index contributed by atoms with van der Waals surface area (Å²) in [5.74, 6) is 0.130. The van der Waals surface area contributed by atoms with E-state index in [0.717, 1.165) is 114 Å². The van der Waals surface area contributed by atoms with Crippen LogP contribution in [0.15, 0.2) is 0 Å². The van der Waals surface area contributed by atoms with Gasteiger partial charge >= 0.3 is 39.5 Å². The number of phosphoric acid groups is 2. The van der Waals surface area contributed by atoms with Gasteiger partial charge in [-0.2, -0.15) is 0 Å². The predicted octanol–water partition coefficient (Wildman–Crippen LogP) is 18.3. The van der Waals surface area contributed by atoms with Crippen LogP contribution in [0.3, 0.4) is 0 Å². The van der Waals surface area contributed by atoms with Crippen LogP contribution in [0.5, 0.6) is 0 Å². The molecule has 0 radical (unpaired) electrons. The zero-order valence-electron chi connectivity index (χ0n) is 55.1. The Balaban J connectivity index is 5.25. The average Bonchev–Trinajstić information content (AvgIpc) is 3.54. The lowest BCUT2D eigenvalue weighted by Crippen LogP contribution is -2.30. The van der Waals surface area contributed by atoms with Gasteiger partial charge in [-0.25, -0.2) is 9.13 Å². The number of hydrogen-bond acceptors (Lipinski definition) is 15. The molecule has 3 unspecified atom stereocenters. The van der Waals surface area contributed by atoms with Gasteiger partial charge in [0.05, 0.1) is 26.4 Å². The standard InChI is InChI=1S/C66H128O17P2/c1-8-10-11-12-13-26-33-40-47-63(68)76-53-61(83-66(71)50-43-36-29-22-21-25-32-39-46-59(7)9-2)55-80-84(72,73)78-51-60(67)52-79-85(74,75)81-56-62(54-77-64(69)48-41-34-27-20-16-18-24-31-38-45-58(5)6)82-65(70)49-42-35-28-19-15-14-17-23-30-37-44-57(3)4/h57-62,67H,8-56H2,1-7H3,(H,72,73)(H,74,75)/t59?,60-,61+,62+/m0/s1. The number of carbonyl (C=O) groups excluding carboxylic acids is 4. The Labute approximate surface area is 517 Å². The van der Waals surface area contributed by atoms with Crippen molar-refractivity contribution in [2.45, 2.75) is 343 Å². The van der Waals surface area contributed by atoms with Gasteiger partial charge in [0.1, 0.15) is 19.3 Å². The molecule has 0 rings (SSSR count). The minimum absolute atomic E-state index is 0.104. The van der Waals surface area contributed by atoms with Crippen molar-refractivity contribution >= 4 is 39.5 Å². The van der Waals surface area contributed by atoms with E-state index >= 15 is 0 Å². The number of aliphatic hydroxyl groups excluding tert-OH is 1. The molecule has 0 aliphatic rings. The molecule has 85 heavy (non-hydrogen) atoms. The molecule has 0 amide bonds. The molecule has 0 saturated heterocycles. The van der Waals surface area contributed by atoms with E-state index in [0.29, 0.717) is 25.7 Å². The van der Waals surface area contributed by atoms with E-state index in [1.807, 2.05) is 0 Å². The van der Waals surface area contributed by atoms with Gasteiger partial charge in [0.25, 0.3) is 0 Å². The van der Waals surface area contributed by atoms with Crippen LogP contribution in [0.2, 0.25) is 0 Å². The summed E-state index contributed by atoms with van der Waals surface area (Å²) in [6, 6.07) is 0. The van der Waals surface area contributed by atoms with Gasteiger partial charge in [0, 0.05) is 25.7 Å². The summed E-state index contributed by atoms with van der Waals surface area (Å²) >= 11 is 0. The van der Waals surface area contributed by atoms with Gasteiger partial charge < -0.3 is 33.8 Å². The first-order chi connectivity index (χ1) is 40.8. The predicted molar refractivity (Wildman–Crippen MR) is 340 cm³/mol. The highest BCUT2D eigenvalue weighted by atomic mass is 31.2. The molecule has 0 bridgehead atoms. The van der Waals surface area contributed by atoms with Gasteiger partial charge in [0.15, 0.2) is 12.2 Å². The van der Waals surface area contributed by atoms with Crippen LogP contribution in [-0.2, 0) is 65.4 Å². The van der Waals surface area contributed by atoms with E-state index < -0.39 is 97.5 Å². The fourth-order valence-corrected chi connectivity index (χ4v) is 11.4. The van der Waals surface area contributed by atoms with Crippen molar-refractivity contribution in [3.8, 4) is 0 Å². The van der Waals surface area contributed by atoms with Crippen molar-refractivity contribution < 1.29 is 80.2 Å². The second-order valence-electron chi connectivity index (χ2n) is 25.1. The molecule has 504 valence electrons. The molecule has 3 N–H and O–H groups in total. The van der Waals surface area contributed by atoms with Crippen molar-refractivity contribution in [3.63, 3.8) is 0 Å². The van der Waals surface area contributed by atoms with Crippen molar-refractivity contribution in [3.05, 3.63) is 0 Å². The molecule has 6 atom stereocenters. The number of esters is 4. The molecule has 0 spiro atoms. The smallest absolute Gasteiger partial charge is 0.462 e. The SMILES string of the molecule is CCCCCCCCCCC(=O)OC[C@H](COP(=O)(O)OC[C@H](O)COP(=O)(O)OC[C@@H](COC(=O)CCCCCCCCCCCC(C)C)OC(=O)CCCCCCCCCCCCC(C)C)OC(=O)CCCCCCCCCCC(C)CC. The van der Waals surface area contributed by atoms with Gasteiger partial charge in [-0.05, 0) is 43.4 Å². The first kappa shape index (κ1) is 83.1. The van der Waals surface area contributed by atoms with Gasteiger partial charge in [-0.3, -0.25) is 37.3 Å². The zero-order chi connectivity index (χ0) is 63.1. The topological polar surface area (TPSA) is 237 Å². The molecule has 0 aromatic rings. The maximum Gasteiger partial charge on any atom is 0.472 e. The zero-order valence-corrected chi connectivity index (χ0v) is 56.9. The summed E-state index contributed by atoms with van der Waals surface area (Å²) in [6.07, 6.45) is 38.9. The molecule has 0 aliphatic heterocycles. The maximum absolute atomic E-state index is 13.0. The molecule has 0 aliphatic carbocycles. The van der Waals surface area contributed by atoms with Crippen molar-refractivity contribution in [2.75, 3.05) is 39.6 Å². The Morgan fingerprint density at radius 2 is 0.600 bits per heavy atom. The minimum Gasteiger partial charge on any atom is -0.462 e. The van der Waals surface area contributed by atoms with Crippen molar-refractivity contribution in [1.29, 1.82) is 0 Å². The van der Waals surface area contributed by atoms with E-state index in [-0.39, 0.29) is 25.7 Å². The van der Waals surface area contributed by atoms with Crippen LogP contribution in [0, 0.1) is 17.8 Å². The molecule has 0 fully saturated rings. The summed E-state index contributed by atoms with van der Waals surface area (Å²) in [5.41, 5.74) is 0. The third-order valence-corrected chi connectivity index (χ3v) is 17.4. The number of aliphatic hydroxyl groups is 1. The largest absolute Gasteiger partial charge is 0.472 e. The van der Waals surface area contributed by atoms with E-state index in [1.54, 1.807) is 0 Å². The first-order valence-electron chi connectivity index (χ1n) is 34.4.